The Morgan fingerprint density at radius 3 is 2.43 bits per heavy atom. The predicted octanol–water partition coefficient (Wildman–Crippen LogP) is 2.55. The highest BCUT2D eigenvalue weighted by molar-refractivity contribution is 5.98. The van der Waals surface area contributed by atoms with Gasteiger partial charge in [0.25, 0.3) is 11.6 Å². The lowest BCUT2D eigenvalue weighted by atomic mass is 10.1. The lowest BCUT2D eigenvalue weighted by molar-refractivity contribution is -0.384. The van der Waals surface area contributed by atoms with Gasteiger partial charge in [-0.2, -0.15) is 0 Å². The maximum atomic E-state index is 13.4. The molecule has 2 amide bonds. The summed E-state index contributed by atoms with van der Waals surface area (Å²) >= 11 is 0. The number of hydrogen-bond donors (Lipinski definition) is 2. The summed E-state index contributed by atoms with van der Waals surface area (Å²) in [6.07, 6.45) is 0.434. The summed E-state index contributed by atoms with van der Waals surface area (Å²) in [6.45, 7) is 6.34. The van der Waals surface area contributed by atoms with E-state index in [-0.39, 0.29) is 30.1 Å². The third-order valence-electron chi connectivity index (χ3n) is 6.03. The number of nitrogens with zero attached hydrogens (tertiary/aromatic N) is 3. The van der Waals surface area contributed by atoms with Gasteiger partial charge in [0.05, 0.1) is 4.92 Å². The van der Waals surface area contributed by atoms with Gasteiger partial charge < -0.3 is 16.0 Å². The number of nitrogens with one attached hydrogen (secondary N) is 1. The second-order valence-electron chi connectivity index (χ2n) is 9.20. The van der Waals surface area contributed by atoms with Gasteiger partial charge in [-0.25, -0.2) is 4.39 Å². The Hall–Kier alpha value is -3.37. The molecule has 2 aromatic rings. The fraction of sp³-hybridized carbons (Fsp3) is 0.440. The molecule has 1 aliphatic rings. The topological polar surface area (TPSA) is 122 Å². The number of nitro benzene ring substituents is 1. The van der Waals surface area contributed by atoms with E-state index in [2.05, 4.69) is 24.1 Å². The normalized spacial score (nSPS) is 17.7. The zero-order valence-corrected chi connectivity index (χ0v) is 20.0. The van der Waals surface area contributed by atoms with E-state index in [4.69, 9.17) is 5.73 Å². The number of nitro groups is 1. The van der Waals surface area contributed by atoms with Gasteiger partial charge in [-0.1, -0.05) is 26.0 Å². The lowest BCUT2D eigenvalue weighted by Gasteiger charge is -2.30. The molecule has 2 unspecified atom stereocenters. The summed E-state index contributed by atoms with van der Waals surface area (Å²) < 4.78 is 13.4. The van der Waals surface area contributed by atoms with Crippen LogP contribution in [0.1, 0.15) is 36.2 Å². The fourth-order valence-corrected chi connectivity index (χ4v) is 4.39. The molecular weight excluding hydrogens is 453 g/mol. The number of carbonyl (C=O) groups excluding carboxylic acids is 2. The van der Waals surface area contributed by atoms with E-state index in [1.165, 1.54) is 36.4 Å². The van der Waals surface area contributed by atoms with Crippen LogP contribution in [0.25, 0.3) is 0 Å². The Bertz CT molecular complexity index is 1030. The predicted molar refractivity (Wildman–Crippen MR) is 130 cm³/mol. The molecule has 0 spiro atoms. The quantitative estimate of drug-likeness (QED) is 0.394. The highest BCUT2D eigenvalue weighted by atomic mass is 19.1. The number of likely N-dealkylation sites (tertiary alicyclic amines) is 1. The zero-order valence-electron chi connectivity index (χ0n) is 20.0. The maximum Gasteiger partial charge on any atom is 0.269 e. The summed E-state index contributed by atoms with van der Waals surface area (Å²) in [4.78, 5) is 40.6. The van der Waals surface area contributed by atoms with E-state index in [9.17, 15) is 24.1 Å². The molecule has 2 atom stereocenters. The van der Waals surface area contributed by atoms with Gasteiger partial charge in [0, 0.05) is 56.5 Å². The number of benzene rings is 2. The molecule has 1 heterocycles. The highest BCUT2D eigenvalue weighted by Gasteiger charge is 2.42. The van der Waals surface area contributed by atoms with E-state index in [0.717, 1.165) is 12.1 Å². The van der Waals surface area contributed by atoms with Gasteiger partial charge in [-0.3, -0.25) is 24.6 Å². The van der Waals surface area contributed by atoms with Crippen molar-refractivity contribution in [2.45, 2.75) is 38.9 Å². The second-order valence-corrected chi connectivity index (χ2v) is 9.20. The Morgan fingerprint density at radius 2 is 1.86 bits per heavy atom. The summed E-state index contributed by atoms with van der Waals surface area (Å²) in [5, 5.41) is 13.8. The Balaban J connectivity index is 1.85. The van der Waals surface area contributed by atoms with Crippen molar-refractivity contribution in [2.75, 3.05) is 26.2 Å². The number of carbonyl (C=O) groups is 2. The van der Waals surface area contributed by atoms with Crippen molar-refractivity contribution in [3.8, 4) is 0 Å². The van der Waals surface area contributed by atoms with Crippen LogP contribution in [0.5, 0.6) is 0 Å². The van der Waals surface area contributed by atoms with Crippen LogP contribution in [0.15, 0.2) is 48.5 Å². The minimum absolute atomic E-state index is 0.0257. The third-order valence-corrected chi connectivity index (χ3v) is 6.03. The van der Waals surface area contributed by atoms with Crippen LogP contribution in [0.3, 0.4) is 0 Å². The van der Waals surface area contributed by atoms with Crippen molar-refractivity contribution in [1.29, 1.82) is 0 Å². The molecule has 3 N–H and O–H groups in total. The Kier molecular flexibility index (Phi) is 8.89. The molecule has 0 saturated carbocycles. The summed E-state index contributed by atoms with van der Waals surface area (Å²) in [5.41, 5.74) is 6.79. The second kappa shape index (κ2) is 11.9. The largest absolute Gasteiger partial charge is 0.353 e. The van der Waals surface area contributed by atoms with E-state index < -0.39 is 16.8 Å². The van der Waals surface area contributed by atoms with Crippen molar-refractivity contribution in [3.05, 3.63) is 75.6 Å². The first-order valence-electron chi connectivity index (χ1n) is 11.7. The van der Waals surface area contributed by atoms with E-state index in [0.29, 0.717) is 37.5 Å². The van der Waals surface area contributed by atoms with Crippen LogP contribution in [0, 0.1) is 21.8 Å². The van der Waals surface area contributed by atoms with Crippen LogP contribution in [-0.2, 0) is 11.3 Å². The maximum absolute atomic E-state index is 13.4. The lowest BCUT2D eigenvalue weighted by Crippen LogP contribution is -2.47. The molecule has 0 aromatic heterocycles. The van der Waals surface area contributed by atoms with E-state index >= 15 is 0 Å². The molecule has 2 aromatic carbocycles. The molecule has 188 valence electrons. The van der Waals surface area contributed by atoms with E-state index in [1.54, 1.807) is 17.0 Å². The summed E-state index contributed by atoms with van der Waals surface area (Å²) in [6, 6.07) is 10.9. The minimum Gasteiger partial charge on any atom is -0.353 e. The van der Waals surface area contributed by atoms with Crippen molar-refractivity contribution < 1.29 is 18.9 Å². The molecule has 0 bridgehead atoms. The van der Waals surface area contributed by atoms with Gasteiger partial charge in [-0.15, -0.1) is 0 Å². The molecule has 3 rings (SSSR count). The number of amides is 2. The first kappa shape index (κ1) is 26.2. The van der Waals surface area contributed by atoms with Crippen LogP contribution in [0.2, 0.25) is 0 Å². The van der Waals surface area contributed by atoms with Gasteiger partial charge in [0.2, 0.25) is 5.91 Å². The van der Waals surface area contributed by atoms with Crippen LogP contribution >= 0.6 is 0 Å². The Morgan fingerprint density at radius 1 is 1.20 bits per heavy atom. The SMILES string of the molecule is CC(C)CN(Cc1ccc([N+](=O)[O-])cc1)C1CC(C(=O)NCCN)N(C(=O)c2ccc(F)cc2)C1. The number of rotatable bonds is 10. The minimum atomic E-state index is -0.685. The van der Waals surface area contributed by atoms with E-state index in [1.807, 2.05) is 0 Å². The number of halogens is 1. The smallest absolute Gasteiger partial charge is 0.269 e. The highest BCUT2D eigenvalue weighted by Crippen LogP contribution is 2.27. The number of nitrogens with two attached hydrogens (primary N) is 1. The molecule has 1 fully saturated rings. The van der Waals surface area contributed by atoms with Gasteiger partial charge in [0.15, 0.2) is 0 Å². The van der Waals surface area contributed by atoms with Crippen molar-refractivity contribution in [1.82, 2.24) is 15.1 Å². The van der Waals surface area contributed by atoms with Gasteiger partial charge in [-0.05, 0) is 42.2 Å². The van der Waals surface area contributed by atoms with Gasteiger partial charge in [0.1, 0.15) is 11.9 Å². The molecular formula is C25H32FN5O4. The molecule has 9 nitrogen and oxygen atoms in total. The first-order valence-corrected chi connectivity index (χ1v) is 11.7. The molecule has 0 radical (unpaired) electrons. The average Bonchev–Trinajstić information content (AvgIpc) is 3.28. The number of non-ortho nitro benzene ring substituents is 1. The fourth-order valence-electron chi connectivity index (χ4n) is 4.39. The van der Waals surface area contributed by atoms with Crippen LogP contribution in [-0.4, -0.2) is 64.8 Å². The molecule has 1 aliphatic heterocycles. The molecule has 10 heteroatoms. The molecule has 1 saturated heterocycles. The molecule has 0 aliphatic carbocycles. The van der Waals surface area contributed by atoms with Crippen molar-refractivity contribution in [2.24, 2.45) is 11.7 Å². The summed E-state index contributed by atoms with van der Waals surface area (Å²) in [7, 11) is 0. The average molecular weight is 486 g/mol. The first-order chi connectivity index (χ1) is 16.7. The monoisotopic (exact) mass is 485 g/mol. The van der Waals surface area contributed by atoms with Crippen molar-refractivity contribution >= 4 is 17.5 Å². The van der Waals surface area contributed by atoms with Crippen molar-refractivity contribution in [3.63, 3.8) is 0 Å². The Labute approximate surface area is 204 Å². The van der Waals surface area contributed by atoms with Gasteiger partial charge >= 0.3 is 0 Å². The molecule has 35 heavy (non-hydrogen) atoms. The summed E-state index contributed by atoms with van der Waals surface area (Å²) in [5.74, 6) is -0.725. The van der Waals surface area contributed by atoms with Crippen LogP contribution < -0.4 is 11.1 Å². The zero-order chi connectivity index (χ0) is 25.5. The van der Waals surface area contributed by atoms with Crippen LogP contribution in [0.4, 0.5) is 10.1 Å². The third kappa shape index (κ3) is 6.83. The number of hydrogen-bond acceptors (Lipinski definition) is 6. The standard InChI is InChI=1S/C25H32FN5O4/c1-17(2)14-29(15-18-3-9-21(10-4-18)31(34)35)22-13-23(24(32)28-12-11-27)30(16-22)25(33)19-5-7-20(26)8-6-19/h3-10,17,22-23H,11-16,27H2,1-2H3,(H,28,32).